The van der Waals surface area contributed by atoms with Crippen LogP contribution in [0, 0.1) is 5.41 Å². The molecule has 28 heavy (non-hydrogen) atoms. The Hall–Kier alpha value is -2.25. The summed E-state index contributed by atoms with van der Waals surface area (Å²) in [5.41, 5.74) is 8.66. The second-order valence-electron chi connectivity index (χ2n) is 8.56. The van der Waals surface area contributed by atoms with Crippen LogP contribution in [0.5, 0.6) is 0 Å². The number of piperidine rings is 1. The Kier molecular flexibility index (Phi) is 5.86. The number of carbonyl (C=O) groups excluding carboxylic acids is 3. The van der Waals surface area contributed by atoms with Crippen LogP contribution in [-0.2, 0) is 22.7 Å². The molecule has 7 nitrogen and oxygen atoms in total. The van der Waals surface area contributed by atoms with Gasteiger partial charge in [-0.2, -0.15) is 0 Å². The van der Waals surface area contributed by atoms with E-state index in [2.05, 4.69) is 37.1 Å². The molecular formula is C21H30N4O3. The van der Waals surface area contributed by atoms with Crippen LogP contribution < -0.4 is 11.1 Å². The second-order valence-corrected chi connectivity index (χ2v) is 8.56. The van der Waals surface area contributed by atoms with Gasteiger partial charge < -0.3 is 10.6 Å². The van der Waals surface area contributed by atoms with Gasteiger partial charge in [-0.1, -0.05) is 32.9 Å². The fourth-order valence-electron chi connectivity index (χ4n) is 3.93. The van der Waals surface area contributed by atoms with E-state index in [-0.39, 0.29) is 29.6 Å². The van der Waals surface area contributed by atoms with E-state index in [4.69, 9.17) is 5.73 Å². The van der Waals surface area contributed by atoms with E-state index in [1.807, 2.05) is 12.1 Å². The Balaban J connectivity index is 1.72. The molecule has 2 aliphatic heterocycles. The van der Waals surface area contributed by atoms with Gasteiger partial charge in [0, 0.05) is 31.6 Å². The fraction of sp³-hybridized carbons (Fsp3) is 0.571. The third-order valence-electron chi connectivity index (χ3n) is 5.65. The molecular weight excluding hydrogens is 356 g/mol. The largest absolute Gasteiger partial charge is 0.330 e. The number of benzene rings is 1. The van der Waals surface area contributed by atoms with Gasteiger partial charge in [-0.05, 0) is 42.1 Å². The molecule has 1 saturated heterocycles. The molecule has 0 aromatic heterocycles. The number of imide groups is 1. The quantitative estimate of drug-likeness (QED) is 0.688. The molecule has 0 spiro atoms. The maximum Gasteiger partial charge on any atom is 0.255 e. The van der Waals surface area contributed by atoms with Crippen molar-refractivity contribution in [3.63, 3.8) is 0 Å². The van der Waals surface area contributed by atoms with Crippen LogP contribution in [0.25, 0.3) is 0 Å². The standard InChI is InChI=1S/C21H30N4O3/c1-4-24(13-21(2,3)12-22)10-14-5-6-16-15(9-14)11-25(20(16)28)17-7-8-18(26)23-19(17)27/h5-6,9,17H,4,7-8,10-13,22H2,1-3H3,(H,23,26,27). The number of nitrogens with zero attached hydrogens (tertiary/aromatic N) is 2. The summed E-state index contributed by atoms with van der Waals surface area (Å²) in [5, 5.41) is 2.34. The number of hydrogen-bond donors (Lipinski definition) is 2. The summed E-state index contributed by atoms with van der Waals surface area (Å²) in [6.07, 6.45) is 0.652. The fourth-order valence-corrected chi connectivity index (χ4v) is 3.93. The summed E-state index contributed by atoms with van der Waals surface area (Å²) in [7, 11) is 0. The van der Waals surface area contributed by atoms with Crippen molar-refractivity contribution >= 4 is 17.7 Å². The number of carbonyl (C=O) groups is 3. The van der Waals surface area contributed by atoms with Gasteiger partial charge in [0.05, 0.1) is 0 Å². The van der Waals surface area contributed by atoms with Crippen molar-refractivity contribution in [1.82, 2.24) is 15.1 Å². The maximum absolute atomic E-state index is 12.8. The third kappa shape index (κ3) is 4.25. The first-order chi connectivity index (χ1) is 13.2. The molecule has 0 saturated carbocycles. The molecule has 2 heterocycles. The SMILES string of the molecule is CCN(Cc1ccc2c(c1)CN(C1CCC(=O)NC1=O)C2=O)CC(C)(C)CN. The number of nitrogens with two attached hydrogens (primary N) is 1. The van der Waals surface area contributed by atoms with Crippen LogP contribution >= 0.6 is 0 Å². The molecule has 1 atom stereocenters. The molecule has 1 unspecified atom stereocenters. The topological polar surface area (TPSA) is 95.7 Å². The minimum atomic E-state index is -0.571. The van der Waals surface area contributed by atoms with Crippen LogP contribution in [0.3, 0.4) is 0 Å². The van der Waals surface area contributed by atoms with Gasteiger partial charge in [-0.3, -0.25) is 24.6 Å². The van der Waals surface area contributed by atoms with Gasteiger partial charge in [0.25, 0.3) is 5.91 Å². The van der Waals surface area contributed by atoms with Crippen molar-refractivity contribution in [2.45, 2.75) is 52.7 Å². The van der Waals surface area contributed by atoms with E-state index >= 15 is 0 Å². The van der Waals surface area contributed by atoms with Crippen molar-refractivity contribution in [2.24, 2.45) is 11.1 Å². The number of nitrogens with one attached hydrogen (secondary N) is 1. The molecule has 3 amide bonds. The van der Waals surface area contributed by atoms with Gasteiger partial charge >= 0.3 is 0 Å². The Labute approximate surface area is 166 Å². The van der Waals surface area contributed by atoms with Crippen molar-refractivity contribution in [1.29, 1.82) is 0 Å². The summed E-state index contributed by atoms with van der Waals surface area (Å²) < 4.78 is 0. The van der Waals surface area contributed by atoms with Gasteiger partial charge in [0.2, 0.25) is 11.8 Å². The molecule has 0 radical (unpaired) electrons. The second kappa shape index (κ2) is 8.01. The lowest BCUT2D eigenvalue weighted by Crippen LogP contribution is -2.52. The zero-order chi connectivity index (χ0) is 20.5. The van der Waals surface area contributed by atoms with Crippen LogP contribution in [0.1, 0.15) is 55.1 Å². The minimum Gasteiger partial charge on any atom is -0.330 e. The smallest absolute Gasteiger partial charge is 0.255 e. The Morgan fingerprint density at radius 3 is 2.68 bits per heavy atom. The number of rotatable bonds is 7. The van der Waals surface area contributed by atoms with E-state index in [0.717, 1.165) is 30.8 Å². The minimum absolute atomic E-state index is 0.0469. The average molecular weight is 386 g/mol. The number of fused-ring (bicyclic) bond motifs is 1. The molecule has 0 aliphatic carbocycles. The van der Waals surface area contributed by atoms with E-state index in [1.54, 1.807) is 4.90 Å². The Morgan fingerprint density at radius 1 is 1.29 bits per heavy atom. The highest BCUT2D eigenvalue weighted by atomic mass is 16.2. The summed E-state index contributed by atoms with van der Waals surface area (Å²) in [6, 6.07) is 5.35. The zero-order valence-electron chi connectivity index (χ0n) is 17.0. The van der Waals surface area contributed by atoms with E-state index < -0.39 is 6.04 Å². The first kappa shape index (κ1) is 20.5. The predicted octanol–water partition coefficient (Wildman–Crippen LogP) is 1.25. The highest BCUT2D eigenvalue weighted by Crippen LogP contribution is 2.28. The molecule has 1 aromatic rings. The molecule has 3 rings (SSSR count). The highest BCUT2D eigenvalue weighted by Gasteiger charge is 2.39. The summed E-state index contributed by atoms with van der Waals surface area (Å²) >= 11 is 0. The molecule has 152 valence electrons. The molecule has 1 aromatic carbocycles. The number of hydrogen-bond acceptors (Lipinski definition) is 5. The number of amides is 3. The first-order valence-electron chi connectivity index (χ1n) is 9.93. The molecule has 1 fully saturated rings. The third-order valence-corrected chi connectivity index (χ3v) is 5.65. The van der Waals surface area contributed by atoms with Gasteiger partial charge in [0.1, 0.15) is 6.04 Å². The molecule has 3 N–H and O–H groups in total. The highest BCUT2D eigenvalue weighted by molar-refractivity contribution is 6.05. The van der Waals surface area contributed by atoms with Gasteiger partial charge in [-0.25, -0.2) is 0 Å². The average Bonchev–Trinajstić information content (AvgIpc) is 2.97. The van der Waals surface area contributed by atoms with Gasteiger partial charge in [0.15, 0.2) is 0 Å². The van der Waals surface area contributed by atoms with Crippen molar-refractivity contribution in [2.75, 3.05) is 19.6 Å². The first-order valence-corrected chi connectivity index (χ1v) is 9.93. The maximum atomic E-state index is 12.8. The summed E-state index contributed by atoms with van der Waals surface area (Å²) in [6.45, 7) is 10.1. The van der Waals surface area contributed by atoms with E-state index in [9.17, 15) is 14.4 Å². The summed E-state index contributed by atoms with van der Waals surface area (Å²) in [5.74, 6) is -0.778. The lowest BCUT2D eigenvalue weighted by atomic mass is 9.93. The zero-order valence-corrected chi connectivity index (χ0v) is 17.0. The van der Waals surface area contributed by atoms with E-state index in [1.165, 1.54) is 0 Å². The molecule has 7 heteroatoms. The Bertz CT molecular complexity index is 790. The van der Waals surface area contributed by atoms with Gasteiger partial charge in [-0.15, -0.1) is 0 Å². The van der Waals surface area contributed by atoms with E-state index in [0.29, 0.717) is 25.1 Å². The monoisotopic (exact) mass is 386 g/mol. The Morgan fingerprint density at radius 2 is 2.04 bits per heavy atom. The predicted molar refractivity (Wildman–Crippen MR) is 106 cm³/mol. The van der Waals surface area contributed by atoms with Crippen molar-refractivity contribution in [3.8, 4) is 0 Å². The van der Waals surface area contributed by atoms with Crippen LogP contribution in [0.4, 0.5) is 0 Å². The lowest BCUT2D eigenvalue weighted by molar-refractivity contribution is -0.136. The van der Waals surface area contributed by atoms with Crippen molar-refractivity contribution < 1.29 is 14.4 Å². The van der Waals surface area contributed by atoms with Crippen LogP contribution in [0.15, 0.2) is 18.2 Å². The molecule has 2 aliphatic rings. The lowest BCUT2D eigenvalue weighted by Gasteiger charge is -2.31. The van der Waals surface area contributed by atoms with Crippen LogP contribution in [0.2, 0.25) is 0 Å². The summed E-state index contributed by atoms with van der Waals surface area (Å²) in [4.78, 5) is 40.3. The van der Waals surface area contributed by atoms with Crippen LogP contribution in [-0.4, -0.2) is 53.2 Å². The normalized spacial score (nSPS) is 20.0. The molecule has 0 bridgehead atoms. The van der Waals surface area contributed by atoms with Crippen molar-refractivity contribution in [3.05, 3.63) is 34.9 Å².